The van der Waals surface area contributed by atoms with E-state index in [0.29, 0.717) is 32.5 Å². The average molecular weight is 446 g/mol. The molecule has 0 aromatic rings. The zero-order chi connectivity index (χ0) is 24.5. The number of hydrogen-bond donors (Lipinski definition) is 3. The minimum Gasteiger partial charge on any atom is -0.458 e. The third kappa shape index (κ3) is 13.9. The van der Waals surface area contributed by atoms with Crippen LogP contribution in [0.15, 0.2) is 0 Å². The quantitative estimate of drug-likeness (QED) is 0.203. The van der Waals surface area contributed by atoms with Crippen molar-refractivity contribution in [1.82, 2.24) is 10.6 Å². The highest BCUT2D eigenvalue weighted by Crippen LogP contribution is 2.21. The highest BCUT2D eigenvalue weighted by Gasteiger charge is 2.47. The van der Waals surface area contributed by atoms with Crippen molar-refractivity contribution in [3.63, 3.8) is 0 Å². The Bertz CT molecular complexity index is 572. The monoisotopic (exact) mass is 445 g/mol. The van der Waals surface area contributed by atoms with Gasteiger partial charge >= 0.3 is 18.0 Å². The summed E-state index contributed by atoms with van der Waals surface area (Å²) in [6, 6.07) is 0. The van der Waals surface area contributed by atoms with E-state index in [1.165, 1.54) is 0 Å². The molecule has 9 nitrogen and oxygen atoms in total. The molecule has 0 rings (SSSR count). The molecule has 182 valence electrons. The Morgan fingerprint density at radius 1 is 0.677 bits per heavy atom. The van der Waals surface area contributed by atoms with Gasteiger partial charge in [0, 0.05) is 6.54 Å². The Balaban J connectivity index is 4.54. The number of nitrogens with one attached hydrogen (secondary N) is 2. The van der Waals surface area contributed by atoms with Crippen LogP contribution in [0.4, 0.5) is 4.79 Å². The van der Waals surface area contributed by atoms with Crippen molar-refractivity contribution >= 4 is 18.0 Å². The Labute approximate surface area is 187 Å². The molecule has 0 aliphatic rings. The molecule has 0 saturated carbocycles. The second kappa shape index (κ2) is 11.7. The zero-order valence-corrected chi connectivity index (χ0v) is 20.8. The maximum Gasteiger partial charge on any atom is 0.407 e. The van der Waals surface area contributed by atoms with Crippen LogP contribution in [0.3, 0.4) is 0 Å². The fourth-order valence-electron chi connectivity index (χ4n) is 2.36. The van der Waals surface area contributed by atoms with Gasteiger partial charge in [0.25, 0.3) is 0 Å². The number of rotatable bonds is 10. The van der Waals surface area contributed by atoms with Crippen LogP contribution in [-0.2, 0) is 23.8 Å². The second-order valence-electron chi connectivity index (χ2n) is 10.6. The van der Waals surface area contributed by atoms with Gasteiger partial charge in [-0.3, -0.25) is 0 Å². The van der Waals surface area contributed by atoms with Crippen molar-refractivity contribution in [2.75, 3.05) is 19.6 Å². The largest absolute Gasteiger partial charge is 0.458 e. The number of amides is 1. The van der Waals surface area contributed by atoms with Crippen LogP contribution >= 0.6 is 0 Å². The molecule has 31 heavy (non-hydrogen) atoms. The number of carbonyl (C=O) groups is 3. The number of hydrogen-bond acceptors (Lipinski definition) is 8. The number of nitrogens with two attached hydrogens (primary N) is 1. The van der Waals surface area contributed by atoms with E-state index in [4.69, 9.17) is 19.9 Å². The highest BCUT2D eigenvalue weighted by atomic mass is 16.6. The number of ether oxygens (including phenoxy) is 3. The highest BCUT2D eigenvalue weighted by molar-refractivity contribution is 6.04. The molecule has 0 unspecified atom stereocenters. The van der Waals surface area contributed by atoms with Gasteiger partial charge < -0.3 is 30.6 Å². The van der Waals surface area contributed by atoms with E-state index in [0.717, 1.165) is 0 Å². The first kappa shape index (κ1) is 29.1. The number of carbonyl (C=O) groups excluding carboxylic acids is 3. The fourth-order valence-corrected chi connectivity index (χ4v) is 2.36. The maximum absolute atomic E-state index is 12.7. The molecule has 0 spiro atoms. The number of alkyl carbamates (subject to hydrolysis) is 1. The molecule has 0 radical (unpaired) electrons. The summed E-state index contributed by atoms with van der Waals surface area (Å²) >= 11 is 0. The Morgan fingerprint density at radius 2 is 1.10 bits per heavy atom. The maximum atomic E-state index is 12.7. The van der Waals surface area contributed by atoms with Crippen LogP contribution in [0.5, 0.6) is 0 Å². The molecule has 0 atom stereocenters. The number of esters is 2. The zero-order valence-electron chi connectivity index (χ0n) is 20.8. The molecule has 0 fully saturated rings. The smallest absolute Gasteiger partial charge is 0.407 e. The Morgan fingerprint density at radius 3 is 1.52 bits per heavy atom. The molecular formula is C22H43N3O6. The topological polar surface area (TPSA) is 129 Å². The minimum atomic E-state index is -1.87. The molecule has 0 aliphatic carbocycles. The molecule has 0 saturated heterocycles. The van der Waals surface area contributed by atoms with Crippen molar-refractivity contribution < 1.29 is 28.6 Å². The SMILES string of the molecule is CC(C)(C)OC(=O)NCCCNCCCC(N)(C(=O)OC(C)(C)C)C(=O)OC(C)(C)C. The first-order valence-electron chi connectivity index (χ1n) is 10.8. The van der Waals surface area contributed by atoms with E-state index < -0.39 is 40.4 Å². The van der Waals surface area contributed by atoms with E-state index in [2.05, 4.69) is 10.6 Å². The first-order chi connectivity index (χ1) is 13.9. The minimum absolute atomic E-state index is 0.0833. The first-order valence-corrected chi connectivity index (χ1v) is 10.8. The van der Waals surface area contributed by atoms with Crippen LogP contribution in [0.25, 0.3) is 0 Å². The van der Waals surface area contributed by atoms with Gasteiger partial charge in [0.15, 0.2) is 0 Å². The third-order valence-electron chi connectivity index (χ3n) is 3.65. The predicted molar refractivity (Wildman–Crippen MR) is 120 cm³/mol. The van der Waals surface area contributed by atoms with Gasteiger partial charge in [-0.2, -0.15) is 0 Å². The lowest BCUT2D eigenvalue weighted by molar-refractivity contribution is -0.177. The van der Waals surface area contributed by atoms with E-state index in [-0.39, 0.29) is 6.42 Å². The normalized spacial score (nSPS) is 12.8. The van der Waals surface area contributed by atoms with Gasteiger partial charge in [0.2, 0.25) is 5.54 Å². The van der Waals surface area contributed by atoms with Crippen LogP contribution in [0.1, 0.15) is 81.6 Å². The summed E-state index contributed by atoms with van der Waals surface area (Å²) in [7, 11) is 0. The van der Waals surface area contributed by atoms with Gasteiger partial charge in [-0.25, -0.2) is 14.4 Å². The van der Waals surface area contributed by atoms with E-state index in [9.17, 15) is 14.4 Å². The molecule has 9 heteroatoms. The van der Waals surface area contributed by atoms with Crippen molar-refractivity contribution in [3.8, 4) is 0 Å². The summed E-state index contributed by atoms with van der Waals surface area (Å²) in [6.07, 6.45) is 0.801. The van der Waals surface area contributed by atoms with Gasteiger partial charge in [-0.1, -0.05) is 0 Å². The third-order valence-corrected chi connectivity index (χ3v) is 3.65. The lowest BCUT2D eigenvalue weighted by Gasteiger charge is -2.32. The van der Waals surface area contributed by atoms with Crippen LogP contribution in [0, 0.1) is 0 Å². The van der Waals surface area contributed by atoms with Gasteiger partial charge in [0.05, 0.1) is 0 Å². The van der Waals surface area contributed by atoms with Crippen molar-refractivity contribution in [3.05, 3.63) is 0 Å². The molecule has 1 amide bonds. The summed E-state index contributed by atoms with van der Waals surface area (Å²) in [4.78, 5) is 36.9. The van der Waals surface area contributed by atoms with Crippen molar-refractivity contribution in [1.29, 1.82) is 0 Å². The van der Waals surface area contributed by atoms with Gasteiger partial charge in [0.1, 0.15) is 16.8 Å². The summed E-state index contributed by atoms with van der Waals surface area (Å²) in [6.45, 7) is 17.4. The van der Waals surface area contributed by atoms with Crippen LogP contribution in [-0.4, -0.2) is 60.0 Å². The Kier molecular flexibility index (Phi) is 11.0. The summed E-state index contributed by atoms with van der Waals surface area (Å²) in [5.74, 6) is -1.59. The average Bonchev–Trinajstić information content (AvgIpc) is 2.52. The van der Waals surface area contributed by atoms with E-state index in [1.807, 2.05) is 0 Å². The van der Waals surface area contributed by atoms with Crippen LogP contribution in [0.2, 0.25) is 0 Å². The molecule has 4 N–H and O–H groups in total. The van der Waals surface area contributed by atoms with Gasteiger partial charge in [-0.15, -0.1) is 0 Å². The molecule has 0 aliphatic heterocycles. The lowest BCUT2D eigenvalue weighted by atomic mass is 9.93. The molecular weight excluding hydrogens is 402 g/mol. The fraction of sp³-hybridized carbons (Fsp3) is 0.864. The molecule has 0 aromatic heterocycles. The molecule has 0 heterocycles. The van der Waals surface area contributed by atoms with Crippen molar-refractivity contribution in [2.24, 2.45) is 5.73 Å². The summed E-state index contributed by atoms with van der Waals surface area (Å²) in [5, 5.41) is 5.89. The van der Waals surface area contributed by atoms with Crippen molar-refractivity contribution in [2.45, 2.75) is 104 Å². The van der Waals surface area contributed by atoms with E-state index in [1.54, 1.807) is 62.3 Å². The summed E-state index contributed by atoms with van der Waals surface area (Å²) < 4.78 is 15.9. The predicted octanol–water partition coefficient (Wildman–Crippen LogP) is 2.65. The second-order valence-corrected chi connectivity index (χ2v) is 10.6. The standard InChI is InChI=1S/C22H43N3O6/c1-19(2,3)29-16(26)22(23,17(27)30-20(4,5)6)12-10-13-24-14-11-15-25-18(28)31-21(7,8)9/h24H,10-15,23H2,1-9H3,(H,25,28). The Hall–Kier alpha value is -1.87. The summed E-state index contributed by atoms with van der Waals surface area (Å²) in [5.41, 5.74) is 2.25. The van der Waals surface area contributed by atoms with Crippen LogP contribution < -0.4 is 16.4 Å². The van der Waals surface area contributed by atoms with Gasteiger partial charge in [-0.05, 0) is 94.7 Å². The lowest BCUT2D eigenvalue weighted by Crippen LogP contribution is -2.59. The molecule has 0 aromatic carbocycles. The molecule has 0 bridgehead atoms. The van der Waals surface area contributed by atoms with E-state index >= 15 is 0 Å².